The maximum absolute atomic E-state index is 11.2. The molecule has 13 heavy (non-hydrogen) atoms. The minimum absolute atomic E-state index is 0.0161. The Morgan fingerprint density at radius 1 is 1.46 bits per heavy atom. The Balaban J connectivity index is 4.07. The standard InChI is InChI=1S/C8H20N2O2Si/c1-6(13(2,3)4)12-8(11)7(10)5-9/h6-7H,5,9-10H2,1-4H3. The molecule has 0 saturated heterocycles. The van der Waals surface area contributed by atoms with E-state index < -0.39 is 20.1 Å². The summed E-state index contributed by atoms with van der Waals surface area (Å²) in [7, 11) is -1.42. The predicted molar refractivity (Wildman–Crippen MR) is 55.9 cm³/mol. The molecular formula is C8H20N2O2Si. The quantitative estimate of drug-likeness (QED) is 0.502. The van der Waals surface area contributed by atoms with Crippen molar-refractivity contribution in [3.63, 3.8) is 0 Å². The van der Waals surface area contributed by atoms with Crippen molar-refractivity contribution in [3.8, 4) is 0 Å². The highest BCUT2D eigenvalue weighted by Gasteiger charge is 2.27. The van der Waals surface area contributed by atoms with E-state index in [4.69, 9.17) is 16.2 Å². The van der Waals surface area contributed by atoms with Gasteiger partial charge < -0.3 is 16.2 Å². The summed E-state index contributed by atoms with van der Waals surface area (Å²) in [5, 5.41) is 0. The molecule has 0 rings (SSSR count). The van der Waals surface area contributed by atoms with Crippen LogP contribution in [0.1, 0.15) is 6.92 Å². The zero-order valence-corrected chi connectivity index (χ0v) is 9.83. The van der Waals surface area contributed by atoms with Crippen molar-refractivity contribution >= 4 is 14.0 Å². The van der Waals surface area contributed by atoms with E-state index in [-0.39, 0.29) is 12.3 Å². The third-order valence-corrected chi connectivity index (χ3v) is 4.63. The van der Waals surface area contributed by atoms with Crippen LogP contribution in [0.3, 0.4) is 0 Å². The highest BCUT2D eigenvalue weighted by Crippen LogP contribution is 2.11. The molecule has 0 heterocycles. The fourth-order valence-electron chi connectivity index (χ4n) is 0.535. The van der Waals surface area contributed by atoms with Crippen molar-refractivity contribution in [2.24, 2.45) is 11.5 Å². The minimum atomic E-state index is -1.42. The second-order valence-corrected chi connectivity index (χ2v) is 9.83. The van der Waals surface area contributed by atoms with Gasteiger partial charge in [-0.15, -0.1) is 0 Å². The molecule has 0 fully saturated rings. The van der Waals surface area contributed by atoms with Crippen LogP contribution in [0.15, 0.2) is 0 Å². The van der Waals surface area contributed by atoms with E-state index in [0.29, 0.717) is 0 Å². The smallest absolute Gasteiger partial charge is 0.324 e. The monoisotopic (exact) mass is 204 g/mol. The first-order valence-corrected chi connectivity index (χ1v) is 8.03. The van der Waals surface area contributed by atoms with E-state index in [1.807, 2.05) is 6.92 Å². The fraction of sp³-hybridized carbons (Fsp3) is 0.875. The fourth-order valence-corrected chi connectivity index (χ4v) is 1.00. The van der Waals surface area contributed by atoms with Crippen LogP contribution in [0.5, 0.6) is 0 Å². The predicted octanol–water partition coefficient (Wildman–Crippen LogP) is 0.0815. The van der Waals surface area contributed by atoms with Crippen LogP contribution in [0, 0.1) is 0 Å². The number of esters is 1. The van der Waals surface area contributed by atoms with Crippen LogP contribution < -0.4 is 11.5 Å². The molecule has 4 nitrogen and oxygen atoms in total. The van der Waals surface area contributed by atoms with Gasteiger partial charge in [0, 0.05) is 6.54 Å². The highest BCUT2D eigenvalue weighted by molar-refractivity contribution is 6.77. The van der Waals surface area contributed by atoms with E-state index in [1.54, 1.807) is 0 Å². The van der Waals surface area contributed by atoms with Gasteiger partial charge in [-0.3, -0.25) is 4.79 Å². The molecule has 0 aromatic rings. The van der Waals surface area contributed by atoms with Gasteiger partial charge >= 0.3 is 5.97 Å². The molecule has 0 aliphatic rings. The van der Waals surface area contributed by atoms with Crippen LogP contribution >= 0.6 is 0 Å². The van der Waals surface area contributed by atoms with Crippen molar-refractivity contribution in [1.29, 1.82) is 0 Å². The van der Waals surface area contributed by atoms with Crippen LogP contribution in [0.25, 0.3) is 0 Å². The van der Waals surface area contributed by atoms with E-state index in [2.05, 4.69) is 19.6 Å². The molecule has 4 N–H and O–H groups in total. The summed E-state index contributed by atoms with van der Waals surface area (Å²) >= 11 is 0. The number of ether oxygens (including phenoxy) is 1. The molecule has 0 aromatic carbocycles. The van der Waals surface area contributed by atoms with Crippen molar-refractivity contribution in [1.82, 2.24) is 0 Å². The van der Waals surface area contributed by atoms with Gasteiger partial charge in [0.1, 0.15) is 6.04 Å². The summed E-state index contributed by atoms with van der Waals surface area (Å²) in [6.45, 7) is 8.46. The van der Waals surface area contributed by atoms with Crippen LogP contribution in [0.4, 0.5) is 0 Å². The van der Waals surface area contributed by atoms with Gasteiger partial charge in [-0.1, -0.05) is 19.6 Å². The lowest BCUT2D eigenvalue weighted by Gasteiger charge is -2.25. The lowest BCUT2D eigenvalue weighted by Crippen LogP contribution is -2.45. The number of nitrogens with two attached hydrogens (primary N) is 2. The van der Waals surface area contributed by atoms with Gasteiger partial charge in [0.05, 0.1) is 13.8 Å². The molecule has 0 aliphatic heterocycles. The Bertz CT molecular complexity index is 179. The number of hydrogen-bond donors (Lipinski definition) is 2. The Hall–Kier alpha value is -0.393. The zero-order chi connectivity index (χ0) is 10.6. The van der Waals surface area contributed by atoms with Gasteiger partial charge in [0.2, 0.25) is 0 Å². The topological polar surface area (TPSA) is 78.3 Å². The number of hydrogen-bond acceptors (Lipinski definition) is 4. The van der Waals surface area contributed by atoms with Gasteiger partial charge in [-0.25, -0.2) is 0 Å². The second kappa shape index (κ2) is 4.73. The molecule has 0 aromatic heterocycles. The van der Waals surface area contributed by atoms with Gasteiger partial charge in [-0.05, 0) is 6.92 Å². The summed E-state index contributed by atoms with van der Waals surface area (Å²) in [4.78, 5) is 11.2. The summed E-state index contributed by atoms with van der Waals surface area (Å²) in [5.41, 5.74) is 10.7. The minimum Gasteiger partial charge on any atom is -0.465 e. The normalized spacial score (nSPS) is 16.5. The zero-order valence-electron chi connectivity index (χ0n) is 8.83. The first kappa shape index (κ1) is 12.6. The van der Waals surface area contributed by atoms with E-state index in [9.17, 15) is 4.79 Å². The number of rotatable bonds is 4. The third-order valence-electron chi connectivity index (χ3n) is 2.07. The number of carbonyl (C=O) groups excluding carboxylic acids is 1. The molecule has 2 unspecified atom stereocenters. The van der Waals surface area contributed by atoms with Crippen molar-refractivity contribution < 1.29 is 9.53 Å². The Morgan fingerprint density at radius 2 is 1.92 bits per heavy atom. The molecule has 5 heteroatoms. The highest BCUT2D eigenvalue weighted by atomic mass is 28.3. The molecule has 0 spiro atoms. The summed E-state index contributed by atoms with van der Waals surface area (Å²) in [6.07, 6.45) is 0. The maximum Gasteiger partial charge on any atom is 0.324 e. The average Bonchev–Trinajstić information content (AvgIpc) is 2.01. The Labute approximate surface area is 80.6 Å². The molecule has 0 radical (unpaired) electrons. The van der Waals surface area contributed by atoms with Crippen molar-refractivity contribution in [2.75, 3.05) is 6.54 Å². The first-order chi connectivity index (χ1) is 5.79. The van der Waals surface area contributed by atoms with Crippen molar-refractivity contribution in [2.45, 2.75) is 38.3 Å². The SMILES string of the molecule is CC(OC(=O)C(N)CN)[Si](C)(C)C. The summed E-state index contributed by atoms with van der Waals surface area (Å²) in [5.74, 6) is -0.391. The molecule has 0 bridgehead atoms. The summed E-state index contributed by atoms with van der Waals surface area (Å²) < 4.78 is 5.19. The maximum atomic E-state index is 11.2. The second-order valence-electron chi connectivity index (χ2n) is 4.29. The van der Waals surface area contributed by atoms with Crippen LogP contribution in [0.2, 0.25) is 19.6 Å². The Kier molecular flexibility index (Phi) is 4.59. The Morgan fingerprint density at radius 3 is 2.23 bits per heavy atom. The van der Waals surface area contributed by atoms with E-state index in [0.717, 1.165) is 0 Å². The van der Waals surface area contributed by atoms with Crippen molar-refractivity contribution in [3.05, 3.63) is 0 Å². The van der Waals surface area contributed by atoms with E-state index >= 15 is 0 Å². The lowest BCUT2D eigenvalue weighted by molar-refractivity contribution is -0.146. The number of carbonyl (C=O) groups is 1. The van der Waals surface area contributed by atoms with E-state index in [1.165, 1.54) is 0 Å². The molecule has 0 aliphatic carbocycles. The molecule has 0 amide bonds. The first-order valence-electron chi connectivity index (χ1n) is 4.45. The van der Waals surface area contributed by atoms with Gasteiger partial charge in [-0.2, -0.15) is 0 Å². The largest absolute Gasteiger partial charge is 0.465 e. The lowest BCUT2D eigenvalue weighted by atomic mass is 10.3. The summed E-state index contributed by atoms with van der Waals surface area (Å²) in [6, 6.07) is -0.682. The van der Waals surface area contributed by atoms with Crippen LogP contribution in [-0.2, 0) is 9.53 Å². The molecule has 78 valence electrons. The molecule has 0 saturated carbocycles. The van der Waals surface area contributed by atoms with Gasteiger partial charge in [0.25, 0.3) is 0 Å². The van der Waals surface area contributed by atoms with Crippen LogP contribution in [-0.4, -0.2) is 32.4 Å². The molecule has 2 atom stereocenters. The average molecular weight is 204 g/mol. The van der Waals surface area contributed by atoms with Gasteiger partial charge in [0.15, 0.2) is 0 Å². The molecular weight excluding hydrogens is 184 g/mol. The third kappa shape index (κ3) is 4.40.